The van der Waals surface area contributed by atoms with E-state index in [0.29, 0.717) is 23.1 Å². The van der Waals surface area contributed by atoms with Gasteiger partial charge in [-0.3, -0.25) is 0 Å². The minimum atomic E-state index is -0.232. The number of piperidine rings is 1. The van der Waals surface area contributed by atoms with E-state index in [4.69, 9.17) is 11.5 Å². The molecule has 0 saturated carbocycles. The highest BCUT2D eigenvalue weighted by Gasteiger charge is 2.19. The van der Waals surface area contributed by atoms with Crippen LogP contribution in [0.3, 0.4) is 0 Å². The van der Waals surface area contributed by atoms with Crippen molar-refractivity contribution >= 4 is 28.1 Å². The summed E-state index contributed by atoms with van der Waals surface area (Å²) in [5, 5.41) is 7.85. The fourth-order valence-corrected chi connectivity index (χ4v) is 3.82. The van der Waals surface area contributed by atoms with Crippen molar-refractivity contribution in [1.82, 2.24) is 10.3 Å². The summed E-state index contributed by atoms with van der Waals surface area (Å²) in [6.45, 7) is 3.88. The van der Waals surface area contributed by atoms with E-state index in [9.17, 15) is 4.39 Å². The molecule has 1 saturated heterocycles. The van der Waals surface area contributed by atoms with Gasteiger partial charge in [-0.1, -0.05) is 12.1 Å². The molecule has 2 aromatic carbocycles. The Kier molecular flexibility index (Phi) is 4.20. The summed E-state index contributed by atoms with van der Waals surface area (Å²) in [4.78, 5) is 3.13. The largest absolute Gasteiger partial charge is 0.395 e. The quantitative estimate of drug-likeness (QED) is 0.497. The Morgan fingerprint density at radius 3 is 2.65 bits per heavy atom. The van der Waals surface area contributed by atoms with Gasteiger partial charge in [0.25, 0.3) is 0 Å². The van der Waals surface area contributed by atoms with Crippen LogP contribution in [0.25, 0.3) is 22.0 Å². The first-order chi connectivity index (χ1) is 12.5. The van der Waals surface area contributed by atoms with Gasteiger partial charge in [0, 0.05) is 22.7 Å². The molecule has 0 radical (unpaired) electrons. The highest BCUT2D eigenvalue weighted by atomic mass is 19.1. The molecule has 0 bridgehead atoms. The van der Waals surface area contributed by atoms with E-state index in [1.165, 1.54) is 6.07 Å². The van der Waals surface area contributed by atoms with E-state index in [2.05, 4.69) is 15.6 Å². The third-order valence-corrected chi connectivity index (χ3v) is 5.18. The molecule has 0 aliphatic carbocycles. The third-order valence-electron chi connectivity index (χ3n) is 5.18. The number of nitrogen functional groups attached to an aromatic ring is 2. The highest BCUT2D eigenvalue weighted by molar-refractivity contribution is 6.08. The maximum absolute atomic E-state index is 14.5. The smallest absolute Gasteiger partial charge is 0.131 e. The van der Waals surface area contributed by atoms with Gasteiger partial charge in [-0.2, -0.15) is 0 Å². The van der Waals surface area contributed by atoms with Crippen molar-refractivity contribution in [2.24, 2.45) is 0 Å². The van der Waals surface area contributed by atoms with Gasteiger partial charge in [-0.15, -0.1) is 0 Å². The van der Waals surface area contributed by atoms with Crippen molar-refractivity contribution in [2.75, 3.05) is 29.9 Å². The van der Waals surface area contributed by atoms with Gasteiger partial charge < -0.3 is 27.1 Å². The van der Waals surface area contributed by atoms with Gasteiger partial charge in [0.05, 0.1) is 11.2 Å². The molecule has 2 heterocycles. The predicted molar refractivity (Wildman–Crippen MR) is 107 cm³/mol. The number of benzene rings is 2. The molecule has 6 heteroatoms. The van der Waals surface area contributed by atoms with Crippen LogP contribution in [0.5, 0.6) is 0 Å². The van der Waals surface area contributed by atoms with Crippen LogP contribution >= 0.6 is 0 Å². The van der Waals surface area contributed by atoms with Crippen molar-refractivity contribution in [2.45, 2.75) is 25.8 Å². The lowest BCUT2D eigenvalue weighted by atomic mass is 9.97. The lowest BCUT2D eigenvalue weighted by Crippen LogP contribution is -2.35. The van der Waals surface area contributed by atoms with Gasteiger partial charge in [-0.25, -0.2) is 4.39 Å². The molecule has 26 heavy (non-hydrogen) atoms. The number of H-pyrrole nitrogens is 1. The number of hydrogen-bond acceptors (Lipinski definition) is 4. The van der Waals surface area contributed by atoms with Crippen molar-refractivity contribution < 1.29 is 4.39 Å². The summed E-state index contributed by atoms with van der Waals surface area (Å²) in [6.07, 6.45) is 2.06. The Hall–Kier alpha value is -2.73. The van der Waals surface area contributed by atoms with Gasteiger partial charge in [0.2, 0.25) is 0 Å². The van der Waals surface area contributed by atoms with E-state index in [0.717, 1.165) is 53.6 Å². The van der Waals surface area contributed by atoms with Crippen LogP contribution in [-0.4, -0.2) is 24.1 Å². The fraction of sp³-hybridized carbons (Fsp3) is 0.300. The first-order valence-electron chi connectivity index (χ1n) is 8.98. The van der Waals surface area contributed by atoms with Crippen LogP contribution in [0, 0.1) is 12.7 Å². The second-order valence-corrected chi connectivity index (χ2v) is 7.00. The lowest BCUT2D eigenvalue weighted by Gasteiger charge is -2.25. The highest BCUT2D eigenvalue weighted by Crippen LogP contribution is 2.39. The normalized spacial score (nSPS) is 15.5. The number of aromatic amines is 1. The number of hydrogen-bond donors (Lipinski definition) is 5. The van der Waals surface area contributed by atoms with E-state index in [1.54, 1.807) is 6.07 Å². The monoisotopic (exact) mass is 353 g/mol. The zero-order valence-electron chi connectivity index (χ0n) is 14.8. The molecule has 3 aromatic rings. The second-order valence-electron chi connectivity index (χ2n) is 7.00. The number of nitrogens with two attached hydrogens (primary N) is 2. The topological polar surface area (TPSA) is 91.9 Å². The Balaban J connectivity index is 1.87. The molecule has 0 spiro atoms. The summed E-state index contributed by atoms with van der Waals surface area (Å²) >= 11 is 0. The van der Waals surface area contributed by atoms with Crippen molar-refractivity contribution in [1.29, 1.82) is 0 Å². The number of nitrogens with one attached hydrogen (secondary N) is 3. The molecular formula is C20H24FN5. The molecule has 0 atom stereocenters. The van der Waals surface area contributed by atoms with Crippen LogP contribution in [0.4, 0.5) is 21.6 Å². The number of fused-ring (bicyclic) bond motifs is 1. The van der Waals surface area contributed by atoms with Crippen LogP contribution in [0.15, 0.2) is 30.3 Å². The number of rotatable bonds is 3. The summed E-state index contributed by atoms with van der Waals surface area (Å²) in [7, 11) is 0. The van der Waals surface area contributed by atoms with Crippen LogP contribution in [-0.2, 0) is 0 Å². The molecule has 1 fully saturated rings. The maximum Gasteiger partial charge on any atom is 0.131 e. The predicted octanol–water partition coefficient (Wildman–Crippen LogP) is 3.61. The van der Waals surface area contributed by atoms with E-state index in [-0.39, 0.29) is 5.82 Å². The first-order valence-corrected chi connectivity index (χ1v) is 8.98. The van der Waals surface area contributed by atoms with Crippen LogP contribution in [0.1, 0.15) is 18.4 Å². The average Bonchev–Trinajstić information content (AvgIpc) is 2.90. The SMILES string of the molecule is Cc1cccc(F)c1-c1cc(NC2CCNCC2)c2c(N)c(N)[nH]c2c1. The number of aryl methyl sites for hydroxylation is 1. The van der Waals surface area contributed by atoms with Crippen molar-refractivity contribution in [3.05, 3.63) is 41.7 Å². The molecule has 1 aliphatic rings. The number of aromatic nitrogens is 1. The van der Waals surface area contributed by atoms with Gasteiger partial charge >= 0.3 is 0 Å². The lowest BCUT2D eigenvalue weighted by molar-refractivity contribution is 0.479. The third kappa shape index (κ3) is 2.86. The van der Waals surface area contributed by atoms with Crippen molar-refractivity contribution in [3.8, 4) is 11.1 Å². The van der Waals surface area contributed by atoms with Crippen molar-refractivity contribution in [3.63, 3.8) is 0 Å². The molecule has 4 rings (SSSR count). The molecule has 1 aromatic heterocycles. The minimum Gasteiger partial charge on any atom is -0.395 e. The molecule has 1 aliphatic heterocycles. The second kappa shape index (κ2) is 6.53. The standard InChI is InChI=1S/C20H24FN5/c1-11-3-2-4-14(21)17(11)12-9-15(25-13-5-7-24-8-6-13)18-16(10-12)26-20(23)19(18)22/h2-4,9-10,13,24-26H,5-8,22-23H2,1H3. The first kappa shape index (κ1) is 16.7. The fourth-order valence-electron chi connectivity index (χ4n) is 3.82. The Bertz CT molecular complexity index is 936. The summed E-state index contributed by atoms with van der Waals surface area (Å²) in [5.41, 5.74) is 16.8. The van der Waals surface area contributed by atoms with Gasteiger partial charge in [0.15, 0.2) is 0 Å². The molecule has 136 valence electrons. The Labute approximate surface area is 152 Å². The van der Waals surface area contributed by atoms with E-state index in [1.807, 2.05) is 25.1 Å². The van der Waals surface area contributed by atoms with Crippen LogP contribution < -0.4 is 22.1 Å². The zero-order valence-corrected chi connectivity index (χ0v) is 14.8. The molecular weight excluding hydrogens is 329 g/mol. The molecule has 7 N–H and O–H groups in total. The van der Waals surface area contributed by atoms with Crippen LogP contribution in [0.2, 0.25) is 0 Å². The average molecular weight is 353 g/mol. The zero-order chi connectivity index (χ0) is 18.3. The molecule has 0 unspecified atom stereocenters. The summed E-state index contributed by atoms with van der Waals surface area (Å²) < 4.78 is 14.5. The molecule has 0 amide bonds. The minimum absolute atomic E-state index is 0.232. The summed E-state index contributed by atoms with van der Waals surface area (Å²) in [6, 6.07) is 9.39. The maximum atomic E-state index is 14.5. The summed E-state index contributed by atoms with van der Waals surface area (Å²) in [5.74, 6) is 0.209. The number of anilines is 3. The van der Waals surface area contributed by atoms with Gasteiger partial charge in [-0.05, 0) is 62.2 Å². The Morgan fingerprint density at radius 1 is 1.15 bits per heavy atom. The van der Waals surface area contributed by atoms with Gasteiger partial charge in [0.1, 0.15) is 11.6 Å². The number of halogens is 1. The van der Waals surface area contributed by atoms with E-state index >= 15 is 0 Å². The van der Waals surface area contributed by atoms with E-state index < -0.39 is 0 Å². The Morgan fingerprint density at radius 2 is 1.92 bits per heavy atom. The molecule has 5 nitrogen and oxygen atoms in total.